The molecule has 0 amide bonds. The van der Waals surface area contributed by atoms with Gasteiger partial charge in [-0.05, 0) is 24.4 Å². The molecule has 0 saturated carbocycles. The Bertz CT molecular complexity index is 378. The van der Waals surface area contributed by atoms with Crippen LogP contribution in [0.4, 0.5) is 11.4 Å². The predicted molar refractivity (Wildman–Crippen MR) is 68.7 cm³/mol. The molecule has 1 aliphatic rings. The lowest BCUT2D eigenvalue weighted by Crippen LogP contribution is -2.46. The molecule has 0 aromatic heterocycles. The van der Waals surface area contributed by atoms with Crippen molar-refractivity contribution in [1.82, 2.24) is 5.32 Å². The monoisotopic (exact) mass is 221 g/mol. The summed E-state index contributed by atoms with van der Waals surface area (Å²) >= 11 is 5.29. The van der Waals surface area contributed by atoms with Crippen LogP contribution in [-0.2, 0) is 0 Å². The molecule has 1 aromatic rings. The lowest BCUT2D eigenvalue weighted by atomic mass is 10.2. The quantitative estimate of drug-likeness (QED) is 0.668. The first-order valence-electron chi connectivity index (χ1n) is 5.03. The highest BCUT2D eigenvalue weighted by Gasteiger charge is 2.21. The summed E-state index contributed by atoms with van der Waals surface area (Å²) in [4.78, 5) is 4.40. The van der Waals surface area contributed by atoms with Gasteiger partial charge in [0.1, 0.15) is 0 Å². The van der Waals surface area contributed by atoms with E-state index in [0.29, 0.717) is 0 Å². The molecule has 1 N–H and O–H groups in total. The second kappa shape index (κ2) is 4.06. The van der Waals surface area contributed by atoms with Crippen molar-refractivity contribution in [2.75, 3.05) is 37.0 Å². The summed E-state index contributed by atoms with van der Waals surface area (Å²) in [6.07, 6.45) is 0. The van der Waals surface area contributed by atoms with Crippen LogP contribution in [0.1, 0.15) is 0 Å². The maximum atomic E-state index is 5.29. The van der Waals surface area contributed by atoms with Gasteiger partial charge in [-0.3, -0.25) is 0 Å². The molecule has 2 rings (SSSR count). The molecule has 80 valence electrons. The molecule has 0 saturated heterocycles. The van der Waals surface area contributed by atoms with E-state index in [1.54, 1.807) is 0 Å². The van der Waals surface area contributed by atoms with Gasteiger partial charge in [0.15, 0.2) is 5.11 Å². The number of para-hydroxylation sites is 2. The zero-order valence-corrected chi connectivity index (χ0v) is 9.84. The molecule has 0 bridgehead atoms. The Hall–Kier alpha value is -1.29. The van der Waals surface area contributed by atoms with Crippen molar-refractivity contribution >= 4 is 28.7 Å². The van der Waals surface area contributed by atoms with Crippen LogP contribution < -0.4 is 15.1 Å². The van der Waals surface area contributed by atoms with Gasteiger partial charge in [0.25, 0.3) is 0 Å². The van der Waals surface area contributed by atoms with Crippen LogP contribution in [0.15, 0.2) is 24.3 Å². The van der Waals surface area contributed by atoms with Crippen LogP contribution in [-0.4, -0.2) is 32.3 Å². The summed E-state index contributed by atoms with van der Waals surface area (Å²) in [6, 6.07) is 8.33. The van der Waals surface area contributed by atoms with E-state index in [1.807, 2.05) is 13.1 Å². The number of likely N-dealkylation sites (N-methyl/N-ethyl adjacent to an activating group) is 1. The molecule has 4 heteroatoms. The van der Waals surface area contributed by atoms with Crippen LogP contribution in [0.3, 0.4) is 0 Å². The van der Waals surface area contributed by atoms with Gasteiger partial charge in [0.2, 0.25) is 0 Å². The van der Waals surface area contributed by atoms with Crippen LogP contribution in [0.5, 0.6) is 0 Å². The first-order valence-corrected chi connectivity index (χ1v) is 5.44. The van der Waals surface area contributed by atoms with E-state index >= 15 is 0 Å². The van der Waals surface area contributed by atoms with E-state index in [0.717, 1.165) is 18.2 Å². The highest BCUT2D eigenvalue weighted by atomic mass is 32.1. The standard InChI is InChI=1S/C11H15N3S/c1-12-11(15)14-8-7-13(2)9-5-3-4-6-10(9)14/h3-6H,7-8H2,1-2H3,(H,12,15). The molecule has 0 spiro atoms. The summed E-state index contributed by atoms with van der Waals surface area (Å²) in [5.74, 6) is 0. The van der Waals surface area contributed by atoms with E-state index in [2.05, 4.69) is 40.4 Å². The predicted octanol–water partition coefficient (Wildman–Crippen LogP) is 1.45. The van der Waals surface area contributed by atoms with Crippen molar-refractivity contribution in [3.8, 4) is 0 Å². The van der Waals surface area contributed by atoms with Gasteiger partial charge in [-0.2, -0.15) is 0 Å². The number of hydrogen-bond acceptors (Lipinski definition) is 2. The lowest BCUT2D eigenvalue weighted by molar-refractivity contribution is 0.827. The molecule has 3 nitrogen and oxygen atoms in total. The van der Waals surface area contributed by atoms with Crippen LogP contribution >= 0.6 is 12.2 Å². The van der Waals surface area contributed by atoms with E-state index in [1.165, 1.54) is 11.4 Å². The van der Waals surface area contributed by atoms with Crippen LogP contribution in [0.25, 0.3) is 0 Å². The number of rotatable bonds is 0. The number of anilines is 2. The Morgan fingerprint density at radius 1 is 1.27 bits per heavy atom. The summed E-state index contributed by atoms with van der Waals surface area (Å²) in [5.41, 5.74) is 2.42. The Morgan fingerprint density at radius 2 is 1.93 bits per heavy atom. The second-order valence-corrected chi connectivity index (χ2v) is 4.00. The summed E-state index contributed by atoms with van der Waals surface area (Å²) in [7, 11) is 3.97. The second-order valence-electron chi connectivity index (χ2n) is 3.62. The molecule has 0 aliphatic carbocycles. The first kappa shape index (κ1) is 10.2. The minimum Gasteiger partial charge on any atom is -0.371 e. The lowest BCUT2D eigenvalue weighted by Gasteiger charge is -2.36. The van der Waals surface area contributed by atoms with Crippen molar-refractivity contribution in [2.24, 2.45) is 0 Å². The third kappa shape index (κ3) is 1.77. The maximum absolute atomic E-state index is 5.29. The van der Waals surface area contributed by atoms with E-state index < -0.39 is 0 Å². The summed E-state index contributed by atoms with van der Waals surface area (Å²) < 4.78 is 0. The molecule has 1 aromatic carbocycles. The number of thiocarbonyl (C=S) groups is 1. The fourth-order valence-electron chi connectivity index (χ4n) is 1.85. The summed E-state index contributed by atoms with van der Waals surface area (Å²) in [6.45, 7) is 1.94. The van der Waals surface area contributed by atoms with Crippen molar-refractivity contribution in [1.29, 1.82) is 0 Å². The molecular formula is C11H15N3S. The fourth-order valence-corrected chi connectivity index (χ4v) is 2.04. The highest BCUT2D eigenvalue weighted by molar-refractivity contribution is 7.80. The SMILES string of the molecule is CNC(=S)N1CCN(C)c2ccccc21. The van der Waals surface area contributed by atoms with Gasteiger partial charge in [0.05, 0.1) is 11.4 Å². The third-order valence-corrected chi connectivity index (χ3v) is 3.13. The van der Waals surface area contributed by atoms with Gasteiger partial charge in [-0.1, -0.05) is 12.1 Å². The Morgan fingerprint density at radius 3 is 2.60 bits per heavy atom. The number of nitrogens with zero attached hydrogens (tertiary/aromatic N) is 2. The number of nitrogens with one attached hydrogen (secondary N) is 1. The van der Waals surface area contributed by atoms with Crippen molar-refractivity contribution in [3.63, 3.8) is 0 Å². The molecule has 0 atom stereocenters. The largest absolute Gasteiger partial charge is 0.371 e. The molecule has 0 fully saturated rings. The third-order valence-electron chi connectivity index (χ3n) is 2.70. The Labute approximate surface area is 95.7 Å². The van der Waals surface area contributed by atoms with Crippen molar-refractivity contribution < 1.29 is 0 Å². The zero-order valence-electron chi connectivity index (χ0n) is 9.03. The van der Waals surface area contributed by atoms with Crippen molar-refractivity contribution in [3.05, 3.63) is 24.3 Å². The number of hydrogen-bond donors (Lipinski definition) is 1. The molecule has 15 heavy (non-hydrogen) atoms. The molecular weight excluding hydrogens is 206 g/mol. The highest BCUT2D eigenvalue weighted by Crippen LogP contribution is 2.31. The Kier molecular flexibility index (Phi) is 2.77. The van der Waals surface area contributed by atoms with E-state index in [-0.39, 0.29) is 0 Å². The summed E-state index contributed by atoms with van der Waals surface area (Å²) in [5, 5.41) is 3.82. The fraction of sp³-hybridized carbons (Fsp3) is 0.364. The zero-order chi connectivity index (χ0) is 10.8. The number of benzene rings is 1. The average molecular weight is 221 g/mol. The minimum atomic E-state index is 0.788. The minimum absolute atomic E-state index is 0.788. The normalized spacial score (nSPS) is 14.8. The first-order chi connectivity index (χ1) is 7.24. The van der Waals surface area contributed by atoms with Gasteiger partial charge in [-0.25, -0.2) is 0 Å². The average Bonchev–Trinajstić information content (AvgIpc) is 2.29. The molecule has 1 aliphatic heterocycles. The van der Waals surface area contributed by atoms with Gasteiger partial charge in [0, 0.05) is 27.2 Å². The van der Waals surface area contributed by atoms with Crippen LogP contribution in [0, 0.1) is 0 Å². The molecule has 0 unspecified atom stereocenters. The molecule has 1 heterocycles. The maximum Gasteiger partial charge on any atom is 0.173 e. The molecule has 0 radical (unpaired) electrons. The van der Waals surface area contributed by atoms with E-state index in [4.69, 9.17) is 12.2 Å². The van der Waals surface area contributed by atoms with Gasteiger partial charge in [-0.15, -0.1) is 0 Å². The topological polar surface area (TPSA) is 18.5 Å². The van der Waals surface area contributed by atoms with E-state index in [9.17, 15) is 0 Å². The number of fused-ring (bicyclic) bond motifs is 1. The Balaban J connectivity index is 2.40. The van der Waals surface area contributed by atoms with Crippen molar-refractivity contribution in [2.45, 2.75) is 0 Å². The smallest absolute Gasteiger partial charge is 0.173 e. The van der Waals surface area contributed by atoms with Gasteiger partial charge < -0.3 is 15.1 Å². The van der Waals surface area contributed by atoms with Gasteiger partial charge >= 0.3 is 0 Å². The van der Waals surface area contributed by atoms with Crippen LogP contribution in [0.2, 0.25) is 0 Å².